The van der Waals surface area contributed by atoms with E-state index in [0.29, 0.717) is 18.1 Å². The third-order valence-electron chi connectivity index (χ3n) is 4.17. The van der Waals surface area contributed by atoms with Crippen molar-refractivity contribution in [2.75, 3.05) is 6.54 Å². The lowest BCUT2D eigenvalue weighted by Crippen LogP contribution is -2.34. The largest absolute Gasteiger partial charge is 0.369 e. The SMILES string of the molecule is CC1CC(OC(CN)c2ccccc2Br)CC(C)(C)C1. The van der Waals surface area contributed by atoms with Gasteiger partial charge in [-0.15, -0.1) is 0 Å². The molecule has 1 aliphatic rings. The van der Waals surface area contributed by atoms with E-state index >= 15 is 0 Å². The lowest BCUT2D eigenvalue weighted by molar-refractivity contribution is -0.0637. The molecule has 112 valence electrons. The fourth-order valence-corrected chi connectivity index (χ4v) is 4.13. The maximum atomic E-state index is 6.36. The Balaban J connectivity index is 2.09. The lowest BCUT2D eigenvalue weighted by atomic mass is 9.71. The Morgan fingerprint density at radius 3 is 2.65 bits per heavy atom. The maximum Gasteiger partial charge on any atom is 0.0961 e. The second-order valence-corrected chi connectivity index (χ2v) is 7.77. The average Bonchev–Trinajstić information content (AvgIpc) is 2.34. The Morgan fingerprint density at radius 2 is 2.05 bits per heavy atom. The molecule has 3 heteroatoms. The van der Waals surface area contributed by atoms with Crippen molar-refractivity contribution in [1.82, 2.24) is 0 Å². The van der Waals surface area contributed by atoms with Crippen LogP contribution in [-0.4, -0.2) is 12.6 Å². The van der Waals surface area contributed by atoms with Crippen molar-refractivity contribution in [3.63, 3.8) is 0 Å². The Labute approximate surface area is 131 Å². The summed E-state index contributed by atoms with van der Waals surface area (Å²) >= 11 is 3.60. The van der Waals surface area contributed by atoms with Crippen molar-refractivity contribution in [3.8, 4) is 0 Å². The van der Waals surface area contributed by atoms with Crippen molar-refractivity contribution >= 4 is 15.9 Å². The third-order valence-corrected chi connectivity index (χ3v) is 4.89. The van der Waals surface area contributed by atoms with Crippen molar-refractivity contribution in [2.45, 2.75) is 52.2 Å². The van der Waals surface area contributed by atoms with Crippen LogP contribution in [0.25, 0.3) is 0 Å². The van der Waals surface area contributed by atoms with Crippen molar-refractivity contribution < 1.29 is 4.74 Å². The van der Waals surface area contributed by atoms with Gasteiger partial charge in [-0.2, -0.15) is 0 Å². The summed E-state index contributed by atoms with van der Waals surface area (Å²) < 4.78 is 7.44. The molecular weight excluding hydrogens is 314 g/mol. The molecule has 0 amide bonds. The standard InChI is InChI=1S/C17H26BrNO/c1-12-8-13(10-17(2,3)9-12)20-16(11-19)14-6-4-5-7-15(14)18/h4-7,12-13,16H,8-11,19H2,1-3H3. The van der Waals surface area contributed by atoms with Gasteiger partial charge in [0.1, 0.15) is 0 Å². The van der Waals surface area contributed by atoms with Gasteiger partial charge in [-0.05, 0) is 42.2 Å². The minimum absolute atomic E-state index is 0.0170. The number of hydrogen-bond donors (Lipinski definition) is 1. The van der Waals surface area contributed by atoms with Crippen LogP contribution < -0.4 is 5.73 Å². The highest BCUT2D eigenvalue weighted by molar-refractivity contribution is 9.10. The molecule has 1 aliphatic carbocycles. The van der Waals surface area contributed by atoms with Crippen LogP contribution in [0, 0.1) is 11.3 Å². The summed E-state index contributed by atoms with van der Waals surface area (Å²) in [7, 11) is 0. The molecule has 1 aromatic carbocycles. The van der Waals surface area contributed by atoms with E-state index in [4.69, 9.17) is 10.5 Å². The molecule has 3 unspecified atom stereocenters. The van der Waals surface area contributed by atoms with E-state index in [-0.39, 0.29) is 6.10 Å². The summed E-state index contributed by atoms with van der Waals surface area (Å²) in [5.74, 6) is 0.724. The van der Waals surface area contributed by atoms with Crippen LogP contribution in [0.15, 0.2) is 28.7 Å². The molecule has 2 nitrogen and oxygen atoms in total. The Morgan fingerprint density at radius 1 is 1.35 bits per heavy atom. The van der Waals surface area contributed by atoms with Gasteiger partial charge in [-0.25, -0.2) is 0 Å². The summed E-state index contributed by atoms with van der Waals surface area (Å²) in [5, 5.41) is 0. The summed E-state index contributed by atoms with van der Waals surface area (Å²) in [5.41, 5.74) is 7.48. The average molecular weight is 340 g/mol. The van der Waals surface area contributed by atoms with Gasteiger partial charge in [0.05, 0.1) is 12.2 Å². The number of hydrogen-bond acceptors (Lipinski definition) is 2. The number of ether oxygens (including phenoxy) is 1. The van der Waals surface area contributed by atoms with Crippen molar-refractivity contribution in [2.24, 2.45) is 17.1 Å². The first kappa shape index (κ1) is 16.0. The van der Waals surface area contributed by atoms with Gasteiger partial charge < -0.3 is 10.5 Å². The zero-order valence-electron chi connectivity index (χ0n) is 12.7. The molecule has 0 spiro atoms. The molecule has 0 heterocycles. The minimum atomic E-state index is -0.0170. The monoisotopic (exact) mass is 339 g/mol. The first-order chi connectivity index (χ1) is 9.41. The first-order valence-electron chi connectivity index (χ1n) is 7.51. The molecular formula is C17H26BrNO. The second-order valence-electron chi connectivity index (χ2n) is 6.92. The Hall–Kier alpha value is -0.380. The number of nitrogens with two attached hydrogens (primary N) is 1. The summed E-state index contributed by atoms with van der Waals surface area (Å²) in [6.07, 6.45) is 3.85. The number of halogens is 1. The highest BCUT2D eigenvalue weighted by Crippen LogP contribution is 2.41. The topological polar surface area (TPSA) is 35.2 Å². The predicted molar refractivity (Wildman–Crippen MR) is 87.6 cm³/mol. The zero-order chi connectivity index (χ0) is 14.8. The highest BCUT2D eigenvalue weighted by atomic mass is 79.9. The number of rotatable bonds is 4. The van der Waals surface area contributed by atoms with E-state index < -0.39 is 0 Å². The van der Waals surface area contributed by atoms with E-state index in [2.05, 4.69) is 48.8 Å². The molecule has 2 N–H and O–H groups in total. The Bertz CT molecular complexity index is 446. The lowest BCUT2D eigenvalue weighted by Gasteiger charge is -2.40. The fraction of sp³-hybridized carbons (Fsp3) is 0.647. The first-order valence-corrected chi connectivity index (χ1v) is 8.30. The van der Waals surface area contributed by atoms with Gasteiger partial charge in [0.15, 0.2) is 0 Å². The van der Waals surface area contributed by atoms with Crippen molar-refractivity contribution in [1.29, 1.82) is 0 Å². The smallest absolute Gasteiger partial charge is 0.0961 e. The predicted octanol–water partition coefficient (Wildman–Crippen LogP) is 4.68. The third kappa shape index (κ3) is 4.06. The molecule has 1 aromatic rings. The fourth-order valence-electron chi connectivity index (χ4n) is 3.59. The molecule has 0 aliphatic heterocycles. The normalized spacial score (nSPS) is 27.2. The molecule has 0 radical (unpaired) electrons. The van der Waals surface area contributed by atoms with Crippen LogP contribution in [0.4, 0.5) is 0 Å². The second kappa shape index (κ2) is 6.59. The molecule has 20 heavy (non-hydrogen) atoms. The van der Waals surface area contributed by atoms with Crippen LogP contribution in [-0.2, 0) is 4.74 Å². The van der Waals surface area contributed by atoms with Crippen molar-refractivity contribution in [3.05, 3.63) is 34.3 Å². The van der Waals surface area contributed by atoms with Crippen LogP contribution in [0.5, 0.6) is 0 Å². The van der Waals surface area contributed by atoms with Crippen LogP contribution >= 0.6 is 15.9 Å². The molecule has 0 bridgehead atoms. The zero-order valence-corrected chi connectivity index (χ0v) is 14.3. The highest BCUT2D eigenvalue weighted by Gasteiger charge is 2.34. The van der Waals surface area contributed by atoms with Crippen LogP contribution in [0.3, 0.4) is 0 Å². The quantitative estimate of drug-likeness (QED) is 0.864. The van der Waals surface area contributed by atoms with Gasteiger partial charge in [0.2, 0.25) is 0 Å². The van der Waals surface area contributed by atoms with Gasteiger partial charge in [-0.3, -0.25) is 0 Å². The molecule has 0 saturated heterocycles. The van der Waals surface area contributed by atoms with Crippen LogP contribution in [0.1, 0.15) is 51.7 Å². The molecule has 1 saturated carbocycles. The van der Waals surface area contributed by atoms with Gasteiger partial charge in [0, 0.05) is 11.0 Å². The van der Waals surface area contributed by atoms with Crippen LogP contribution in [0.2, 0.25) is 0 Å². The number of benzene rings is 1. The van der Waals surface area contributed by atoms with Gasteiger partial charge >= 0.3 is 0 Å². The summed E-state index contributed by atoms with van der Waals surface area (Å²) in [6.45, 7) is 7.53. The maximum absolute atomic E-state index is 6.36. The summed E-state index contributed by atoms with van der Waals surface area (Å²) in [4.78, 5) is 0. The molecule has 2 rings (SSSR count). The van der Waals surface area contributed by atoms with E-state index in [1.165, 1.54) is 6.42 Å². The molecule has 3 atom stereocenters. The van der Waals surface area contributed by atoms with Gasteiger partial charge in [0.25, 0.3) is 0 Å². The Kier molecular flexibility index (Phi) is 5.27. The van der Waals surface area contributed by atoms with Gasteiger partial charge in [-0.1, -0.05) is 54.9 Å². The minimum Gasteiger partial charge on any atom is -0.369 e. The van der Waals surface area contributed by atoms with E-state index in [9.17, 15) is 0 Å². The van der Waals surface area contributed by atoms with E-state index in [0.717, 1.165) is 28.8 Å². The molecule has 1 fully saturated rings. The van der Waals surface area contributed by atoms with E-state index in [1.807, 2.05) is 12.1 Å². The summed E-state index contributed by atoms with van der Waals surface area (Å²) in [6, 6.07) is 8.21. The van der Waals surface area contributed by atoms with E-state index in [1.54, 1.807) is 0 Å². The molecule has 0 aromatic heterocycles.